The molecule has 0 radical (unpaired) electrons. The van der Waals surface area contributed by atoms with Gasteiger partial charge in [-0.3, -0.25) is 10.1 Å². The molecule has 6 heteroatoms. The molecule has 0 saturated carbocycles. The maximum atomic E-state index is 12.5. The van der Waals surface area contributed by atoms with Gasteiger partial charge in [0.2, 0.25) is 0 Å². The monoisotopic (exact) mass is 255 g/mol. The smallest absolute Gasteiger partial charge is 0.273 e. The van der Waals surface area contributed by atoms with Crippen molar-refractivity contribution in [2.45, 2.75) is 26.9 Å². The summed E-state index contributed by atoms with van der Waals surface area (Å²) in [7, 11) is 0. The molecule has 0 spiro atoms. The maximum Gasteiger partial charge on any atom is 0.432 e. The number of halogens is 3. The first-order valence-corrected chi connectivity index (χ1v) is 5.37. The Morgan fingerprint density at radius 2 is 1.72 bits per heavy atom. The standard InChI is InChI=1S/C12H12F3N3/c1-6-4-7(2)11(16-8(6)3)9-5-10(18-17-9)12(13,14)15/h4-5H,1-3H3,(H,17,18). The molecule has 96 valence electrons. The van der Waals surface area contributed by atoms with Crippen LogP contribution in [0.4, 0.5) is 13.2 Å². The number of aromatic nitrogens is 3. The summed E-state index contributed by atoms with van der Waals surface area (Å²) in [4.78, 5) is 4.29. The van der Waals surface area contributed by atoms with Gasteiger partial charge in [-0.2, -0.15) is 18.3 Å². The minimum Gasteiger partial charge on any atom is -0.273 e. The van der Waals surface area contributed by atoms with E-state index in [1.165, 1.54) is 0 Å². The van der Waals surface area contributed by atoms with E-state index < -0.39 is 11.9 Å². The molecule has 2 aromatic heterocycles. The maximum absolute atomic E-state index is 12.5. The van der Waals surface area contributed by atoms with E-state index in [2.05, 4.69) is 10.1 Å². The molecule has 0 unspecified atom stereocenters. The van der Waals surface area contributed by atoms with E-state index in [4.69, 9.17) is 0 Å². The third-order valence-corrected chi connectivity index (χ3v) is 2.78. The van der Waals surface area contributed by atoms with E-state index in [9.17, 15) is 13.2 Å². The molecule has 2 heterocycles. The molecule has 0 fully saturated rings. The Morgan fingerprint density at radius 3 is 2.28 bits per heavy atom. The first-order chi connectivity index (χ1) is 8.29. The highest BCUT2D eigenvalue weighted by atomic mass is 19.4. The molecule has 0 bridgehead atoms. The van der Waals surface area contributed by atoms with Crippen LogP contribution in [0.1, 0.15) is 22.5 Å². The van der Waals surface area contributed by atoms with Crippen LogP contribution in [-0.4, -0.2) is 15.2 Å². The Balaban J connectivity index is 2.50. The molecule has 0 aromatic carbocycles. The molecule has 0 amide bonds. The molecule has 0 aliphatic carbocycles. The average molecular weight is 255 g/mol. The second kappa shape index (κ2) is 4.12. The predicted molar refractivity (Wildman–Crippen MR) is 61.0 cm³/mol. The summed E-state index contributed by atoms with van der Waals surface area (Å²) in [5, 5.41) is 5.67. The van der Waals surface area contributed by atoms with Crippen molar-refractivity contribution in [3.05, 3.63) is 34.6 Å². The third kappa shape index (κ3) is 2.23. The number of H-pyrrole nitrogens is 1. The number of nitrogens with one attached hydrogen (secondary N) is 1. The summed E-state index contributed by atoms with van der Waals surface area (Å²) < 4.78 is 37.4. The van der Waals surface area contributed by atoms with Gasteiger partial charge in [-0.05, 0) is 38.0 Å². The van der Waals surface area contributed by atoms with Crippen molar-refractivity contribution in [1.82, 2.24) is 15.2 Å². The molecule has 1 N–H and O–H groups in total. The zero-order valence-corrected chi connectivity index (χ0v) is 10.2. The number of aryl methyl sites for hydroxylation is 3. The van der Waals surface area contributed by atoms with E-state index in [1.807, 2.05) is 25.0 Å². The van der Waals surface area contributed by atoms with Crippen LogP contribution in [0, 0.1) is 20.8 Å². The molecular weight excluding hydrogens is 243 g/mol. The normalized spacial score (nSPS) is 11.9. The number of alkyl halides is 3. The molecule has 0 aliphatic rings. The van der Waals surface area contributed by atoms with Crippen LogP contribution in [-0.2, 0) is 6.18 Å². The van der Waals surface area contributed by atoms with E-state index in [0.717, 1.165) is 22.9 Å². The van der Waals surface area contributed by atoms with Crippen molar-refractivity contribution in [3.63, 3.8) is 0 Å². The van der Waals surface area contributed by atoms with Crippen LogP contribution in [0.25, 0.3) is 11.4 Å². The van der Waals surface area contributed by atoms with Gasteiger partial charge in [-0.15, -0.1) is 0 Å². The second-order valence-corrected chi connectivity index (χ2v) is 4.22. The van der Waals surface area contributed by atoms with Crippen LogP contribution < -0.4 is 0 Å². The largest absolute Gasteiger partial charge is 0.432 e. The topological polar surface area (TPSA) is 41.6 Å². The van der Waals surface area contributed by atoms with Gasteiger partial charge in [0.15, 0.2) is 0 Å². The number of pyridine rings is 1. The van der Waals surface area contributed by atoms with Crippen molar-refractivity contribution >= 4 is 0 Å². The Kier molecular flexibility index (Phi) is 2.88. The van der Waals surface area contributed by atoms with Crippen LogP contribution in [0.15, 0.2) is 12.1 Å². The summed E-state index contributed by atoms with van der Waals surface area (Å²) in [5.74, 6) is 0. The van der Waals surface area contributed by atoms with E-state index >= 15 is 0 Å². The second-order valence-electron chi connectivity index (χ2n) is 4.22. The molecule has 18 heavy (non-hydrogen) atoms. The first-order valence-electron chi connectivity index (χ1n) is 5.37. The number of hydrogen-bond donors (Lipinski definition) is 1. The van der Waals surface area contributed by atoms with Gasteiger partial charge in [-0.1, -0.05) is 6.07 Å². The van der Waals surface area contributed by atoms with Gasteiger partial charge in [0.25, 0.3) is 0 Å². The van der Waals surface area contributed by atoms with Gasteiger partial charge < -0.3 is 0 Å². The zero-order chi connectivity index (χ0) is 13.5. The number of rotatable bonds is 1. The lowest BCUT2D eigenvalue weighted by Gasteiger charge is -2.06. The lowest BCUT2D eigenvalue weighted by Crippen LogP contribution is -2.04. The lowest BCUT2D eigenvalue weighted by atomic mass is 10.1. The fourth-order valence-corrected chi connectivity index (χ4v) is 1.69. The number of nitrogens with zero attached hydrogens (tertiary/aromatic N) is 2. The van der Waals surface area contributed by atoms with Gasteiger partial charge in [0.05, 0.1) is 5.69 Å². The van der Waals surface area contributed by atoms with E-state index in [0.29, 0.717) is 5.69 Å². The highest BCUT2D eigenvalue weighted by molar-refractivity contribution is 5.60. The summed E-state index contributed by atoms with van der Waals surface area (Å²) in [6, 6.07) is 2.86. The lowest BCUT2D eigenvalue weighted by molar-refractivity contribution is -0.141. The summed E-state index contributed by atoms with van der Waals surface area (Å²) in [6.45, 7) is 5.52. The Bertz CT molecular complexity index is 585. The van der Waals surface area contributed by atoms with Crippen molar-refractivity contribution in [2.75, 3.05) is 0 Å². The zero-order valence-electron chi connectivity index (χ0n) is 10.2. The van der Waals surface area contributed by atoms with Crippen molar-refractivity contribution in [3.8, 4) is 11.4 Å². The fraction of sp³-hybridized carbons (Fsp3) is 0.333. The molecule has 0 atom stereocenters. The third-order valence-electron chi connectivity index (χ3n) is 2.78. The molecule has 2 rings (SSSR count). The van der Waals surface area contributed by atoms with Gasteiger partial charge in [0.1, 0.15) is 11.4 Å². The molecule has 0 saturated heterocycles. The SMILES string of the molecule is Cc1cc(C)c(-c2cc(C(F)(F)F)[nH]n2)nc1C. The Morgan fingerprint density at radius 1 is 1.06 bits per heavy atom. The van der Waals surface area contributed by atoms with Crippen molar-refractivity contribution in [2.24, 2.45) is 0 Å². The van der Waals surface area contributed by atoms with Crippen LogP contribution >= 0.6 is 0 Å². The van der Waals surface area contributed by atoms with Gasteiger partial charge in [0, 0.05) is 5.69 Å². The highest BCUT2D eigenvalue weighted by Gasteiger charge is 2.33. The van der Waals surface area contributed by atoms with Gasteiger partial charge >= 0.3 is 6.18 Å². The molecule has 3 nitrogen and oxygen atoms in total. The summed E-state index contributed by atoms with van der Waals surface area (Å²) >= 11 is 0. The summed E-state index contributed by atoms with van der Waals surface area (Å²) in [6.07, 6.45) is -4.42. The van der Waals surface area contributed by atoms with Crippen LogP contribution in [0.3, 0.4) is 0 Å². The molecular formula is C12H12F3N3. The van der Waals surface area contributed by atoms with Gasteiger partial charge in [-0.25, -0.2) is 0 Å². The fourth-order valence-electron chi connectivity index (χ4n) is 1.69. The van der Waals surface area contributed by atoms with Crippen LogP contribution in [0.2, 0.25) is 0 Å². The minimum absolute atomic E-state index is 0.211. The van der Waals surface area contributed by atoms with Crippen molar-refractivity contribution in [1.29, 1.82) is 0 Å². The molecule has 0 aliphatic heterocycles. The minimum atomic E-state index is -4.42. The highest BCUT2D eigenvalue weighted by Crippen LogP contribution is 2.30. The predicted octanol–water partition coefficient (Wildman–Crippen LogP) is 3.42. The quantitative estimate of drug-likeness (QED) is 0.848. The van der Waals surface area contributed by atoms with E-state index in [1.54, 1.807) is 6.92 Å². The number of hydrogen-bond acceptors (Lipinski definition) is 2. The molecule has 2 aromatic rings. The number of aromatic amines is 1. The van der Waals surface area contributed by atoms with Crippen LogP contribution in [0.5, 0.6) is 0 Å². The summed E-state index contributed by atoms with van der Waals surface area (Å²) in [5.41, 5.74) is 2.41. The Hall–Kier alpha value is -1.85. The average Bonchev–Trinajstić information content (AvgIpc) is 2.72. The Labute approximate surface area is 102 Å². The first kappa shape index (κ1) is 12.6. The van der Waals surface area contributed by atoms with E-state index in [-0.39, 0.29) is 5.69 Å². The van der Waals surface area contributed by atoms with Crippen molar-refractivity contribution < 1.29 is 13.2 Å².